The fourth-order valence-corrected chi connectivity index (χ4v) is 6.16. The smallest absolute Gasteiger partial charge is 0.234 e. The van der Waals surface area contributed by atoms with E-state index in [-0.39, 0.29) is 5.91 Å². The van der Waals surface area contributed by atoms with Gasteiger partial charge in [0.25, 0.3) is 0 Å². The van der Waals surface area contributed by atoms with Gasteiger partial charge in [-0.05, 0) is 74.8 Å². The Morgan fingerprint density at radius 3 is 2.77 bits per heavy atom. The van der Waals surface area contributed by atoms with Crippen molar-refractivity contribution in [3.8, 4) is 11.4 Å². The number of thiophene rings is 1. The maximum absolute atomic E-state index is 12.5. The minimum Gasteiger partial charge on any atom is -0.325 e. The molecule has 1 aromatic carbocycles. The molecule has 0 saturated carbocycles. The van der Waals surface area contributed by atoms with Crippen LogP contribution in [0.5, 0.6) is 0 Å². The fourth-order valence-electron chi connectivity index (χ4n) is 4.12. The standard InChI is InChI=1S/C23H28N4OS2/c1-5-27-22(19-12-29-20-11-14(2)6-7-18(19)20)25-26-23(27)30-13-21(28)24-17-9-15(3)8-16(4)10-17/h8-10,12,14H,5-7,11,13H2,1-4H3,(H,24,28). The Bertz CT molecular complexity index is 1050. The Balaban J connectivity index is 1.47. The van der Waals surface area contributed by atoms with E-state index in [1.54, 1.807) is 0 Å². The topological polar surface area (TPSA) is 59.8 Å². The van der Waals surface area contributed by atoms with Crippen molar-refractivity contribution in [2.24, 2.45) is 5.92 Å². The number of thioether (sulfide) groups is 1. The number of nitrogens with one attached hydrogen (secondary N) is 1. The molecule has 158 valence electrons. The molecule has 0 fully saturated rings. The van der Waals surface area contributed by atoms with E-state index in [1.807, 2.05) is 37.3 Å². The molecule has 1 amide bonds. The maximum atomic E-state index is 12.5. The first-order valence-electron chi connectivity index (χ1n) is 10.5. The highest BCUT2D eigenvalue weighted by molar-refractivity contribution is 7.99. The monoisotopic (exact) mass is 440 g/mol. The number of aryl methyl sites for hydroxylation is 2. The molecule has 0 aliphatic heterocycles. The molecule has 0 saturated heterocycles. The van der Waals surface area contributed by atoms with Crippen LogP contribution in [-0.2, 0) is 24.2 Å². The summed E-state index contributed by atoms with van der Waals surface area (Å²) >= 11 is 3.29. The average Bonchev–Trinajstić information content (AvgIpc) is 3.28. The molecule has 1 N–H and O–H groups in total. The normalized spacial score (nSPS) is 15.8. The average molecular weight is 441 g/mol. The zero-order valence-electron chi connectivity index (χ0n) is 18.0. The van der Waals surface area contributed by atoms with Crippen molar-refractivity contribution in [3.05, 3.63) is 45.1 Å². The summed E-state index contributed by atoms with van der Waals surface area (Å²) in [6.07, 6.45) is 3.52. The first-order chi connectivity index (χ1) is 14.4. The summed E-state index contributed by atoms with van der Waals surface area (Å²) < 4.78 is 2.13. The van der Waals surface area contributed by atoms with Crippen LogP contribution in [0.3, 0.4) is 0 Å². The van der Waals surface area contributed by atoms with Crippen molar-refractivity contribution in [2.45, 2.75) is 58.7 Å². The Morgan fingerprint density at radius 2 is 2.03 bits per heavy atom. The van der Waals surface area contributed by atoms with Crippen LogP contribution in [0, 0.1) is 19.8 Å². The van der Waals surface area contributed by atoms with Gasteiger partial charge in [-0.1, -0.05) is 24.8 Å². The van der Waals surface area contributed by atoms with E-state index in [0.29, 0.717) is 5.75 Å². The number of nitrogens with zero attached hydrogens (tertiary/aromatic N) is 3. The molecule has 1 aliphatic rings. The molecule has 1 unspecified atom stereocenters. The number of carbonyl (C=O) groups excluding carboxylic acids is 1. The minimum absolute atomic E-state index is 0.0286. The minimum atomic E-state index is -0.0286. The van der Waals surface area contributed by atoms with Crippen LogP contribution in [0.1, 0.15) is 41.8 Å². The lowest BCUT2D eigenvalue weighted by molar-refractivity contribution is -0.113. The molecule has 5 nitrogen and oxygen atoms in total. The molecule has 7 heteroatoms. The van der Waals surface area contributed by atoms with Crippen LogP contribution in [0.2, 0.25) is 0 Å². The summed E-state index contributed by atoms with van der Waals surface area (Å²) in [6.45, 7) is 9.28. The van der Waals surface area contributed by atoms with Crippen LogP contribution in [0.25, 0.3) is 11.4 Å². The SMILES string of the molecule is CCn1c(SCC(=O)Nc2cc(C)cc(C)c2)nnc1-c1csc2c1CCC(C)C2. The summed E-state index contributed by atoms with van der Waals surface area (Å²) in [5.74, 6) is 1.97. The summed E-state index contributed by atoms with van der Waals surface area (Å²) in [7, 11) is 0. The lowest BCUT2D eigenvalue weighted by Gasteiger charge is -2.19. The largest absolute Gasteiger partial charge is 0.325 e. The van der Waals surface area contributed by atoms with E-state index in [4.69, 9.17) is 0 Å². The van der Waals surface area contributed by atoms with Gasteiger partial charge < -0.3 is 9.88 Å². The van der Waals surface area contributed by atoms with Gasteiger partial charge in [0.2, 0.25) is 5.91 Å². The van der Waals surface area contributed by atoms with E-state index in [2.05, 4.69) is 45.4 Å². The third-order valence-electron chi connectivity index (χ3n) is 5.51. The Kier molecular flexibility index (Phi) is 6.29. The van der Waals surface area contributed by atoms with Gasteiger partial charge in [0.05, 0.1) is 5.75 Å². The van der Waals surface area contributed by atoms with E-state index >= 15 is 0 Å². The van der Waals surface area contributed by atoms with Gasteiger partial charge in [0.15, 0.2) is 11.0 Å². The highest BCUT2D eigenvalue weighted by Crippen LogP contribution is 2.38. The van der Waals surface area contributed by atoms with Gasteiger partial charge in [-0.3, -0.25) is 4.79 Å². The van der Waals surface area contributed by atoms with Gasteiger partial charge >= 0.3 is 0 Å². The molecule has 3 aromatic rings. The lowest BCUT2D eigenvalue weighted by atomic mass is 9.88. The van der Waals surface area contributed by atoms with E-state index in [1.165, 1.54) is 40.6 Å². The molecular formula is C23H28N4OS2. The van der Waals surface area contributed by atoms with Crippen molar-refractivity contribution in [3.63, 3.8) is 0 Å². The number of aromatic nitrogens is 3. The predicted octanol–water partition coefficient (Wildman–Crippen LogP) is 5.50. The van der Waals surface area contributed by atoms with Crippen LogP contribution in [0.15, 0.2) is 28.7 Å². The number of amides is 1. The molecule has 2 heterocycles. The summed E-state index contributed by atoms with van der Waals surface area (Å²) in [5, 5.41) is 15.0. The predicted molar refractivity (Wildman–Crippen MR) is 125 cm³/mol. The van der Waals surface area contributed by atoms with E-state index in [9.17, 15) is 4.79 Å². The molecule has 0 bridgehead atoms. The highest BCUT2D eigenvalue weighted by atomic mass is 32.2. The Morgan fingerprint density at radius 1 is 1.27 bits per heavy atom. The Labute approximate surface area is 186 Å². The number of hydrogen-bond acceptors (Lipinski definition) is 5. The third-order valence-corrected chi connectivity index (χ3v) is 7.53. The first kappa shape index (κ1) is 21.1. The van der Waals surface area contributed by atoms with Gasteiger partial charge in [-0.15, -0.1) is 21.5 Å². The Hall–Kier alpha value is -2.12. The number of carbonyl (C=O) groups is 1. The molecule has 1 atom stereocenters. The van der Waals surface area contributed by atoms with Crippen molar-refractivity contribution < 1.29 is 4.79 Å². The first-order valence-corrected chi connectivity index (χ1v) is 12.3. The number of anilines is 1. The van der Waals surface area contributed by atoms with Crippen LogP contribution in [0.4, 0.5) is 5.69 Å². The van der Waals surface area contributed by atoms with Crippen LogP contribution >= 0.6 is 23.1 Å². The molecule has 0 radical (unpaired) electrons. The molecule has 4 rings (SSSR count). The van der Waals surface area contributed by atoms with Gasteiger partial charge in [-0.2, -0.15) is 0 Å². The third kappa shape index (κ3) is 4.47. The van der Waals surface area contributed by atoms with E-state index < -0.39 is 0 Å². The number of hydrogen-bond donors (Lipinski definition) is 1. The summed E-state index contributed by atoms with van der Waals surface area (Å²) in [5.41, 5.74) is 5.80. The fraction of sp³-hybridized carbons (Fsp3) is 0.435. The van der Waals surface area contributed by atoms with Gasteiger partial charge in [0, 0.05) is 28.1 Å². The van der Waals surface area contributed by atoms with Crippen LogP contribution < -0.4 is 5.32 Å². The number of fused-ring (bicyclic) bond motifs is 1. The molecule has 30 heavy (non-hydrogen) atoms. The zero-order chi connectivity index (χ0) is 21.3. The number of benzene rings is 1. The van der Waals surface area contributed by atoms with E-state index in [0.717, 1.165) is 46.7 Å². The second-order valence-electron chi connectivity index (χ2n) is 8.16. The summed E-state index contributed by atoms with van der Waals surface area (Å²) in [6, 6.07) is 6.07. The highest BCUT2D eigenvalue weighted by Gasteiger charge is 2.24. The van der Waals surface area contributed by atoms with Gasteiger partial charge in [-0.25, -0.2) is 0 Å². The molecule has 1 aliphatic carbocycles. The quantitative estimate of drug-likeness (QED) is 0.514. The summed E-state index contributed by atoms with van der Waals surface area (Å²) in [4.78, 5) is 14.0. The van der Waals surface area contributed by atoms with Crippen molar-refractivity contribution >= 4 is 34.7 Å². The molecule has 0 spiro atoms. The van der Waals surface area contributed by atoms with Gasteiger partial charge in [0.1, 0.15) is 0 Å². The maximum Gasteiger partial charge on any atom is 0.234 e. The lowest BCUT2D eigenvalue weighted by Crippen LogP contribution is -2.15. The van der Waals surface area contributed by atoms with Crippen molar-refractivity contribution in [2.75, 3.05) is 11.1 Å². The molecular weight excluding hydrogens is 412 g/mol. The van der Waals surface area contributed by atoms with Crippen LogP contribution in [-0.4, -0.2) is 26.4 Å². The number of rotatable bonds is 6. The van der Waals surface area contributed by atoms with Crippen molar-refractivity contribution in [1.82, 2.24) is 14.8 Å². The molecule has 2 aromatic heterocycles. The second-order valence-corrected chi connectivity index (χ2v) is 10.1. The zero-order valence-corrected chi connectivity index (χ0v) is 19.6. The second kappa shape index (κ2) is 8.94. The van der Waals surface area contributed by atoms with Crippen molar-refractivity contribution in [1.29, 1.82) is 0 Å².